The predicted octanol–water partition coefficient (Wildman–Crippen LogP) is 5.60. The van der Waals surface area contributed by atoms with Gasteiger partial charge in [-0.2, -0.15) is 13.2 Å². The zero-order valence-electron chi connectivity index (χ0n) is 14.0. The van der Waals surface area contributed by atoms with Crippen LogP contribution >= 0.6 is 0 Å². The first kappa shape index (κ1) is 17.7. The van der Waals surface area contributed by atoms with Crippen LogP contribution in [0.15, 0.2) is 60.7 Å². The minimum absolute atomic E-state index is 0.604. The van der Waals surface area contributed by atoms with Crippen LogP contribution < -0.4 is 0 Å². The van der Waals surface area contributed by atoms with Gasteiger partial charge in [0.15, 0.2) is 0 Å². The second-order valence-electron chi connectivity index (χ2n) is 6.51. The summed E-state index contributed by atoms with van der Waals surface area (Å²) in [6.45, 7) is 2.94. The lowest BCUT2D eigenvalue weighted by Gasteiger charge is -2.31. The third-order valence-corrected chi connectivity index (χ3v) is 4.77. The van der Waals surface area contributed by atoms with Gasteiger partial charge in [-0.1, -0.05) is 54.6 Å². The molecule has 0 N–H and O–H groups in total. The molecule has 3 rings (SSSR count). The number of alkyl halides is 3. The number of likely N-dealkylation sites (tertiary alicyclic amines) is 1. The van der Waals surface area contributed by atoms with E-state index in [4.69, 9.17) is 0 Å². The summed E-state index contributed by atoms with van der Waals surface area (Å²) in [7, 11) is 0. The molecule has 1 saturated heterocycles. The van der Waals surface area contributed by atoms with E-state index in [1.807, 2.05) is 18.2 Å². The minimum Gasteiger partial charge on any atom is -0.300 e. The summed E-state index contributed by atoms with van der Waals surface area (Å²) in [4.78, 5) is 2.39. The Bertz CT molecular complexity index is 681. The van der Waals surface area contributed by atoms with Crippen LogP contribution in [0, 0.1) is 0 Å². The number of nitrogens with zero attached hydrogens (tertiary/aromatic N) is 1. The van der Waals surface area contributed by atoms with Crippen molar-refractivity contribution in [2.45, 2.75) is 24.9 Å². The molecule has 1 aliphatic rings. The van der Waals surface area contributed by atoms with E-state index >= 15 is 0 Å². The Morgan fingerprint density at radius 3 is 2.16 bits per heavy atom. The summed E-state index contributed by atoms with van der Waals surface area (Å²) >= 11 is 0. The lowest BCUT2D eigenvalue weighted by Crippen LogP contribution is -2.32. The van der Waals surface area contributed by atoms with E-state index in [1.165, 1.54) is 17.7 Å². The number of piperidine rings is 1. The molecule has 4 heteroatoms. The molecular weight excluding hydrogens is 323 g/mol. The molecule has 132 valence electrons. The Morgan fingerprint density at radius 2 is 1.56 bits per heavy atom. The lowest BCUT2D eigenvalue weighted by atomic mass is 9.89. The van der Waals surface area contributed by atoms with E-state index in [0.717, 1.165) is 50.2 Å². The zero-order chi connectivity index (χ0) is 17.7. The van der Waals surface area contributed by atoms with Gasteiger partial charge in [0.1, 0.15) is 0 Å². The highest BCUT2D eigenvalue weighted by Gasteiger charge is 2.29. The number of hydrogen-bond donors (Lipinski definition) is 0. The summed E-state index contributed by atoms with van der Waals surface area (Å²) in [5.74, 6) is 0.636. The SMILES string of the molecule is FC(F)(F)c1ccc(C=CCN2CCC(c3ccccc3)CC2)cc1. The highest BCUT2D eigenvalue weighted by atomic mass is 19.4. The molecule has 25 heavy (non-hydrogen) atoms. The molecule has 0 unspecified atom stereocenters. The monoisotopic (exact) mass is 345 g/mol. The Hall–Kier alpha value is -2.07. The maximum absolute atomic E-state index is 12.5. The Labute approximate surface area is 146 Å². The minimum atomic E-state index is -4.27. The summed E-state index contributed by atoms with van der Waals surface area (Å²) in [6.07, 6.45) is 1.95. The molecule has 0 spiro atoms. The third kappa shape index (κ3) is 4.95. The molecule has 1 nitrogen and oxygen atoms in total. The molecule has 1 fully saturated rings. The number of benzene rings is 2. The average molecular weight is 345 g/mol. The van der Waals surface area contributed by atoms with Crippen molar-refractivity contribution in [2.75, 3.05) is 19.6 Å². The van der Waals surface area contributed by atoms with Crippen molar-refractivity contribution in [3.8, 4) is 0 Å². The molecule has 0 radical (unpaired) electrons. The normalized spacial score (nSPS) is 17.2. The molecule has 0 aromatic heterocycles. The van der Waals surface area contributed by atoms with Crippen molar-refractivity contribution in [1.29, 1.82) is 0 Å². The van der Waals surface area contributed by atoms with E-state index in [9.17, 15) is 13.2 Å². The number of halogens is 3. The first-order valence-electron chi connectivity index (χ1n) is 8.63. The molecule has 0 amide bonds. The van der Waals surface area contributed by atoms with Gasteiger partial charge < -0.3 is 0 Å². The first-order valence-corrected chi connectivity index (χ1v) is 8.63. The van der Waals surface area contributed by atoms with Crippen LogP contribution in [0.2, 0.25) is 0 Å². The molecule has 1 heterocycles. The topological polar surface area (TPSA) is 3.24 Å². The smallest absolute Gasteiger partial charge is 0.300 e. The van der Waals surface area contributed by atoms with Crippen molar-refractivity contribution < 1.29 is 13.2 Å². The molecule has 0 atom stereocenters. The Balaban J connectivity index is 1.47. The van der Waals surface area contributed by atoms with Crippen LogP contribution in [-0.2, 0) is 6.18 Å². The largest absolute Gasteiger partial charge is 0.416 e. The zero-order valence-corrected chi connectivity index (χ0v) is 14.0. The van der Waals surface area contributed by atoms with Gasteiger partial charge in [0, 0.05) is 6.54 Å². The second kappa shape index (κ2) is 7.87. The van der Waals surface area contributed by atoms with Gasteiger partial charge in [0.25, 0.3) is 0 Å². The average Bonchev–Trinajstić information content (AvgIpc) is 2.63. The molecule has 1 aliphatic heterocycles. The van der Waals surface area contributed by atoms with Gasteiger partial charge in [-0.3, -0.25) is 4.90 Å². The predicted molar refractivity (Wildman–Crippen MR) is 95.3 cm³/mol. The van der Waals surface area contributed by atoms with E-state index in [2.05, 4.69) is 29.2 Å². The quantitative estimate of drug-likeness (QED) is 0.697. The standard InChI is InChI=1S/C21H22F3N/c22-21(23,24)20-10-8-17(9-11-20)5-4-14-25-15-12-19(13-16-25)18-6-2-1-3-7-18/h1-11,19H,12-16H2. The summed E-state index contributed by atoms with van der Waals surface area (Å²) in [6, 6.07) is 15.9. The molecule has 2 aromatic carbocycles. The highest BCUT2D eigenvalue weighted by Crippen LogP contribution is 2.29. The van der Waals surface area contributed by atoms with Crippen LogP contribution in [0.25, 0.3) is 6.08 Å². The fourth-order valence-corrected chi connectivity index (χ4v) is 3.30. The van der Waals surface area contributed by atoms with Crippen LogP contribution in [-0.4, -0.2) is 24.5 Å². The van der Waals surface area contributed by atoms with Crippen molar-refractivity contribution in [3.63, 3.8) is 0 Å². The number of hydrogen-bond acceptors (Lipinski definition) is 1. The maximum atomic E-state index is 12.5. The van der Waals surface area contributed by atoms with Crippen LogP contribution in [0.1, 0.15) is 35.4 Å². The van der Waals surface area contributed by atoms with E-state index in [-0.39, 0.29) is 0 Å². The van der Waals surface area contributed by atoms with Crippen LogP contribution in [0.3, 0.4) is 0 Å². The van der Waals surface area contributed by atoms with Gasteiger partial charge in [-0.15, -0.1) is 0 Å². The summed E-state index contributed by atoms with van der Waals surface area (Å²) < 4.78 is 37.6. The molecule has 0 aliphatic carbocycles. The lowest BCUT2D eigenvalue weighted by molar-refractivity contribution is -0.137. The van der Waals surface area contributed by atoms with Gasteiger partial charge in [-0.05, 0) is 55.1 Å². The Morgan fingerprint density at radius 1 is 0.920 bits per heavy atom. The van der Waals surface area contributed by atoms with Crippen molar-refractivity contribution in [1.82, 2.24) is 4.90 Å². The first-order chi connectivity index (χ1) is 12.0. The summed E-state index contributed by atoms with van der Waals surface area (Å²) in [5, 5.41) is 0. The third-order valence-electron chi connectivity index (χ3n) is 4.77. The van der Waals surface area contributed by atoms with Crippen LogP contribution in [0.5, 0.6) is 0 Å². The van der Waals surface area contributed by atoms with E-state index < -0.39 is 11.7 Å². The van der Waals surface area contributed by atoms with E-state index in [0.29, 0.717) is 5.92 Å². The Kier molecular flexibility index (Phi) is 5.59. The summed E-state index contributed by atoms with van der Waals surface area (Å²) in [5.41, 5.74) is 1.61. The molecule has 0 bridgehead atoms. The second-order valence-corrected chi connectivity index (χ2v) is 6.51. The van der Waals surface area contributed by atoms with Gasteiger partial charge in [-0.25, -0.2) is 0 Å². The van der Waals surface area contributed by atoms with E-state index in [1.54, 1.807) is 0 Å². The van der Waals surface area contributed by atoms with Crippen molar-refractivity contribution in [2.24, 2.45) is 0 Å². The van der Waals surface area contributed by atoms with Crippen molar-refractivity contribution in [3.05, 3.63) is 77.4 Å². The molecular formula is C21H22F3N. The molecule has 2 aromatic rings. The van der Waals surface area contributed by atoms with Gasteiger partial charge in [0.05, 0.1) is 5.56 Å². The van der Waals surface area contributed by atoms with Crippen molar-refractivity contribution >= 4 is 6.08 Å². The molecule has 0 saturated carbocycles. The van der Waals surface area contributed by atoms with Crippen LogP contribution in [0.4, 0.5) is 13.2 Å². The highest BCUT2D eigenvalue weighted by molar-refractivity contribution is 5.50. The fourth-order valence-electron chi connectivity index (χ4n) is 3.30. The number of rotatable bonds is 4. The fraction of sp³-hybridized carbons (Fsp3) is 0.333. The van der Waals surface area contributed by atoms with Gasteiger partial charge >= 0.3 is 6.18 Å². The van der Waals surface area contributed by atoms with Gasteiger partial charge in [0.2, 0.25) is 0 Å². The maximum Gasteiger partial charge on any atom is 0.416 e.